The molecular formula is C24H20N6O4S. The first kappa shape index (κ1) is 22.3. The van der Waals surface area contributed by atoms with Crippen LogP contribution in [0.4, 0.5) is 5.69 Å². The van der Waals surface area contributed by atoms with Gasteiger partial charge in [0.15, 0.2) is 11.7 Å². The van der Waals surface area contributed by atoms with Crippen LogP contribution in [-0.4, -0.2) is 33.2 Å². The summed E-state index contributed by atoms with van der Waals surface area (Å²) in [6.07, 6.45) is 5.01. The summed E-state index contributed by atoms with van der Waals surface area (Å²) in [5.74, 6) is 2.76. The molecule has 0 atom stereocenters. The molecule has 0 radical (unpaired) electrons. The number of imidazole rings is 1. The van der Waals surface area contributed by atoms with Crippen molar-refractivity contribution in [2.45, 2.75) is 18.7 Å². The van der Waals surface area contributed by atoms with E-state index in [0.717, 1.165) is 11.4 Å². The molecule has 0 aliphatic carbocycles. The Morgan fingerprint density at radius 1 is 0.943 bits per heavy atom. The van der Waals surface area contributed by atoms with Gasteiger partial charge in [0.25, 0.3) is 10.0 Å². The molecular weight excluding hydrogens is 468 g/mol. The molecule has 0 aliphatic heterocycles. The smallest absolute Gasteiger partial charge is 0.261 e. The number of ether oxygens (including phenoxy) is 1. The van der Waals surface area contributed by atoms with E-state index in [4.69, 9.17) is 9.15 Å². The predicted molar refractivity (Wildman–Crippen MR) is 128 cm³/mol. The number of nitrogens with zero attached hydrogens (tertiary/aromatic N) is 5. The van der Waals surface area contributed by atoms with Gasteiger partial charge in [0.1, 0.15) is 23.5 Å². The average Bonchev–Trinajstić information content (AvgIpc) is 3.49. The Bertz CT molecular complexity index is 1560. The first-order valence-corrected chi connectivity index (χ1v) is 12.0. The van der Waals surface area contributed by atoms with E-state index in [0.29, 0.717) is 34.7 Å². The number of hydrogen-bond donors (Lipinski definition) is 1. The highest BCUT2D eigenvalue weighted by Gasteiger charge is 2.15. The quantitative estimate of drug-likeness (QED) is 0.354. The van der Waals surface area contributed by atoms with Crippen LogP contribution in [0, 0.1) is 13.8 Å². The fraction of sp³-hybridized carbons (Fsp3) is 0.0833. The number of nitrogens with one attached hydrogen (secondary N) is 1. The van der Waals surface area contributed by atoms with Gasteiger partial charge in [-0.05, 0) is 49.4 Å². The Labute approximate surface area is 201 Å². The van der Waals surface area contributed by atoms with Crippen molar-refractivity contribution in [2.24, 2.45) is 0 Å². The molecule has 35 heavy (non-hydrogen) atoms. The summed E-state index contributed by atoms with van der Waals surface area (Å²) < 4.78 is 40.9. The molecule has 0 amide bonds. The number of aromatic nitrogens is 5. The minimum absolute atomic E-state index is 0.130. The summed E-state index contributed by atoms with van der Waals surface area (Å²) in [4.78, 5) is 8.53. The van der Waals surface area contributed by atoms with Gasteiger partial charge < -0.3 is 9.15 Å². The van der Waals surface area contributed by atoms with Gasteiger partial charge in [0, 0.05) is 36.6 Å². The predicted octanol–water partition coefficient (Wildman–Crippen LogP) is 4.53. The Hall–Kier alpha value is -4.51. The maximum absolute atomic E-state index is 12.8. The van der Waals surface area contributed by atoms with Crippen LogP contribution in [0.5, 0.6) is 11.6 Å². The molecule has 0 aliphatic rings. The van der Waals surface area contributed by atoms with Crippen LogP contribution in [0.3, 0.4) is 0 Å². The van der Waals surface area contributed by atoms with Crippen LogP contribution in [0.1, 0.15) is 11.7 Å². The van der Waals surface area contributed by atoms with Crippen molar-refractivity contribution < 1.29 is 17.6 Å². The highest BCUT2D eigenvalue weighted by molar-refractivity contribution is 7.92. The largest absolute Gasteiger partial charge is 0.449 e. The van der Waals surface area contributed by atoms with Crippen LogP contribution < -0.4 is 9.46 Å². The lowest BCUT2D eigenvalue weighted by molar-refractivity contribution is 0.454. The van der Waals surface area contributed by atoms with Crippen molar-refractivity contribution >= 4 is 15.7 Å². The van der Waals surface area contributed by atoms with Crippen molar-refractivity contribution in [3.8, 4) is 28.7 Å². The van der Waals surface area contributed by atoms with Gasteiger partial charge in [-0.3, -0.25) is 9.29 Å². The fourth-order valence-electron chi connectivity index (χ4n) is 3.34. The zero-order valence-electron chi connectivity index (χ0n) is 18.8. The zero-order valence-corrected chi connectivity index (χ0v) is 19.6. The zero-order chi connectivity index (χ0) is 24.4. The molecule has 2 aromatic carbocycles. The molecule has 10 nitrogen and oxygen atoms in total. The molecule has 11 heteroatoms. The Morgan fingerprint density at radius 3 is 2.31 bits per heavy atom. The molecule has 0 spiro atoms. The topological polar surface area (TPSA) is 125 Å². The highest BCUT2D eigenvalue weighted by atomic mass is 32.2. The van der Waals surface area contributed by atoms with Crippen molar-refractivity contribution in [1.82, 2.24) is 24.7 Å². The van der Waals surface area contributed by atoms with E-state index in [1.54, 1.807) is 72.4 Å². The van der Waals surface area contributed by atoms with E-state index in [-0.39, 0.29) is 4.90 Å². The SMILES string of the molecule is Cc1nc(-c2ccc(S(=O)(=O)Nc3ccc(Oc4ccc(-n5ccnc5C)nn4)cc3)cc2)co1. The lowest BCUT2D eigenvalue weighted by atomic mass is 10.2. The summed E-state index contributed by atoms with van der Waals surface area (Å²) in [7, 11) is -3.77. The van der Waals surface area contributed by atoms with E-state index >= 15 is 0 Å². The van der Waals surface area contributed by atoms with E-state index in [1.807, 2.05) is 6.92 Å². The maximum atomic E-state index is 12.8. The van der Waals surface area contributed by atoms with Crippen molar-refractivity contribution in [3.63, 3.8) is 0 Å². The average molecular weight is 489 g/mol. The molecule has 0 fully saturated rings. The standard InChI is InChI=1S/C24H20N6O4S/c1-16-25-13-14-30(16)23-11-12-24(28-27-23)34-20-7-5-19(6-8-20)29-35(31,32)21-9-3-18(4-10-21)22-15-33-17(2)26-22/h3-15,29H,1-2H3. The second kappa shape index (κ2) is 9.03. The second-order valence-electron chi connectivity index (χ2n) is 7.58. The maximum Gasteiger partial charge on any atom is 0.261 e. The van der Waals surface area contributed by atoms with E-state index in [2.05, 4.69) is 24.9 Å². The molecule has 0 unspecified atom stereocenters. The number of aryl methyl sites for hydroxylation is 2. The number of anilines is 1. The van der Waals surface area contributed by atoms with E-state index in [1.165, 1.54) is 18.4 Å². The molecule has 3 heterocycles. The Morgan fingerprint density at radius 2 is 1.71 bits per heavy atom. The van der Waals surface area contributed by atoms with Crippen molar-refractivity contribution in [3.05, 3.63) is 91.0 Å². The third-order valence-corrected chi connectivity index (χ3v) is 6.50. The first-order chi connectivity index (χ1) is 16.9. The van der Waals surface area contributed by atoms with Crippen LogP contribution in [-0.2, 0) is 10.0 Å². The van der Waals surface area contributed by atoms with Gasteiger partial charge in [0.2, 0.25) is 5.88 Å². The Kier molecular flexibility index (Phi) is 5.75. The second-order valence-corrected chi connectivity index (χ2v) is 9.26. The van der Waals surface area contributed by atoms with Crippen LogP contribution in [0.15, 0.2) is 88.6 Å². The van der Waals surface area contributed by atoms with Gasteiger partial charge in [0.05, 0.1) is 4.90 Å². The lowest BCUT2D eigenvalue weighted by Crippen LogP contribution is -2.12. The summed E-state index contributed by atoms with van der Waals surface area (Å²) in [5, 5.41) is 8.23. The van der Waals surface area contributed by atoms with Gasteiger partial charge >= 0.3 is 0 Å². The minimum Gasteiger partial charge on any atom is -0.449 e. The van der Waals surface area contributed by atoms with Crippen LogP contribution >= 0.6 is 0 Å². The van der Waals surface area contributed by atoms with Gasteiger partial charge in [-0.25, -0.2) is 18.4 Å². The van der Waals surface area contributed by atoms with Gasteiger partial charge in [-0.15, -0.1) is 10.2 Å². The monoisotopic (exact) mass is 488 g/mol. The number of oxazole rings is 1. The summed E-state index contributed by atoms with van der Waals surface area (Å²) in [5.41, 5.74) is 1.80. The third-order valence-electron chi connectivity index (χ3n) is 5.11. The lowest BCUT2D eigenvalue weighted by Gasteiger charge is -2.10. The summed E-state index contributed by atoms with van der Waals surface area (Å²) >= 11 is 0. The van der Waals surface area contributed by atoms with Crippen LogP contribution in [0.2, 0.25) is 0 Å². The van der Waals surface area contributed by atoms with Crippen molar-refractivity contribution in [1.29, 1.82) is 0 Å². The number of sulfonamides is 1. The molecule has 5 rings (SSSR count). The van der Waals surface area contributed by atoms with Crippen LogP contribution in [0.25, 0.3) is 17.1 Å². The molecule has 0 bridgehead atoms. The van der Waals surface area contributed by atoms with Crippen molar-refractivity contribution in [2.75, 3.05) is 4.72 Å². The van der Waals surface area contributed by atoms with E-state index in [9.17, 15) is 8.42 Å². The number of rotatable bonds is 7. The van der Waals surface area contributed by atoms with Gasteiger partial charge in [-0.2, -0.15) is 0 Å². The molecule has 3 aromatic heterocycles. The number of benzene rings is 2. The number of hydrogen-bond acceptors (Lipinski definition) is 8. The molecule has 0 saturated heterocycles. The normalized spacial score (nSPS) is 11.4. The molecule has 5 aromatic rings. The van der Waals surface area contributed by atoms with Gasteiger partial charge in [-0.1, -0.05) is 12.1 Å². The molecule has 0 saturated carbocycles. The fourth-order valence-corrected chi connectivity index (χ4v) is 4.40. The molecule has 176 valence electrons. The molecule has 1 N–H and O–H groups in total. The van der Waals surface area contributed by atoms with E-state index < -0.39 is 10.0 Å². The Balaban J connectivity index is 1.24. The first-order valence-electron chi connectivity index (χ1n) is 10.5. The minimum atomic E-state index is -3.77. The highest BCUT2D eigenvalue weighted by Crippen LogP contribution is 2.25. The summed E-state index contributed by atoms with van der Waals surface area (Å²) in [6.45, 7) is 3.62. The third kappa shape index (κ3) is 4.89. The summed E-state index contributed by atoms with van der Waals surface area (Å²) in [6, 6.07) is 16.4.